The number of nitrogens with one attached hydrogen (secondary N) is 1. The molecule has 1 N–H and O–H groups in total. The van der Waals surface area contributed by atoms with Crippen LogP contribution in [0.5, 0.6) is 5.88 Å². The lowest BCUT2D eigenvalue weighted by Crippen LogP contribution is -2.21. The number of rotatable bonds is 4. The van der Waals surface area contributed by atoms with E-state index in [1.807, 2.05) is 6.92 Å². The second-order valence-electron chi connectivity index (χ2n) is 5.37. The minimum Gasteiger partial charge on any atom is -0.467 e. The van der Waals surface area contributed by atoms with Gasteiger partial charge >= 0.3 is 0 Å². The molecule has 0 bridgehead atoms. The number of nitrogens with zero attached hydrogens (tertiary/aromatic N) is 7. The Morgan fingerprint density at radius 2 is 2.13 bits per heavy atom. The van der Waals surface area contributed by atoms with Gasteiger partial charge in [-0.3, -0.25) is 5.10 Å². The molecule has 1 aliphatic heterocycles. The van der Waals surface area contributed by atoms with E-state index in [9.17, 15) is 0 Å². The Balaban J connectivity index is 1.78. The third kappa shape index (κ3) is 2.46. The zero-order valence-electron chi connectivity index (χ0n) is 12.5. The maximum Gasteiger partial charge on any atom is 0.257 e. The molecule has 0 radical (unpaired) electrons. The number of anilines is 1. The summed E-state index contributed by atoms with van der Waals surface area (Å²) in [5.74, 6) is 1.72. The van der Waals surface area contributed by atoms with Gasteiger partial charge in [-0.05, 0) is 19.8 Å². The van der Waals surface area contributed by atoms with E-state index in [2.05, 4.69) is 35.4 Å². The van der Waals surface area contributed by atoms with Crippen molar-refractivity contribution in [1.29, 1.82) is 0 Å². The summed E-state index contributed by atoms with van der Waals surface area (Å²) in [5, 5.41) is 19.7. The van der Waals surface area contributed by atoms with Crippen LogP contribution < -0.4 is 9.64 Å². The van der Waals surface area contributed by atoms with Crippen molar-refractivity contribution in [3.05, 3.63) is 23.0 Å². The maximum absolute atomic E-state index is 6.58. The fourth-order valence-corrected chi connectivity index (χ4v) is 3.02. The molecule has 120 valence electrons. The van der Waals surface area contributed by atoms with Crippen molar-refractivity contribution in [2.75, 3.05) is 18.0 Å². The quantitative estimate of drug-likeness (QED) is 0.769. The molecule has 10 heteroatoms. The van der Waals surface area contributed by atoms with Gasteiger partial charge in [-0.15, -0.1) is 15.3 Å². The highest BCUT2D eigenvalue weighted by Gasteiger charge is 2.25. The van der Waals surface area contributed by atoms with E-state index >= 15 is 0 Å². The average molecular weight is 335 g/mol. The van der Waals surface area contributed by atoms with Gasteiger partial charge in [0, 0.05) is 13.1 Å². The molecule has 0 aromatic carbocycles. The summed E-state index contributed by atoms with van der Waals surface area (Å²) in [6.07, 6.45) is 3.68. The van der Waals surface area contributed by atoms with Crippen molar-refractivity contribution < 1.29 is 4.74 Å². The molecule has 0 aliphatic carbocycles. The molecular formula is C13H15ClN8O. The molecule has 1 saturated heterocycles. The highest BCUT2D eigenvalue weighted by atomic mass is 35.5. The van der Waals surface area contributed by atoms with E-state index < -0.39 is 0 Å². The van der Waals surface area contributed by atoms with E-state index in [-0.39, 0.29) is 6.61 Å². The first kappa shape index (κ1) is 14.2. The van der Waals surface area contributed by atoms with Crippen molar-refractivity contribution in [3.63, 3.8) is 0 Å². The molecule has 4 heterocycles. The standard InChI is InChI=1S/C13H15ClN8O/c1-8-17-19-12-10(14)11(21-4-2-3-5-21)13(20-22(8)12)23-6-9-15-7-16-18-9/h7H,2-6H2,1H3,(H,15,16,18). The summed E-state index contributed by atoms with van der Waals surface area (Å²) < 4.78 is 7.45. The van der Waals surface area contributed by atoms with Crippen LogP contribution >= 0.6 is 11.6 Å². The highest BCUT2D eigenvalue weighted by Crippen LogP contribution is 2.38. The van der Waals surface area contributed by atoms with Gasteiger partial charge < -0.3 is 9.64 Å². The Morgan fingerprint density at radius 3 is 2.87 bits per heavy atom. The summed E-state index contributed by atoms with van der Waals surface area (Å²) in [4.78, 5) is 6.23. The number of aromatic nitrogens is 7. The second-order valence-corrected chi connectivity index (χ2v) is 5.74. The monoisotopic (exact) mass is 334 g/mol. The Kier molecular flexibility index (Phi) is 3.49. The van der Waals surface area contributed by atoms with E-state index in [4.69, 9.17) is 16.3 Å². The van der Waals surface area contributed by atoms with Crippen LogP contribution in [0.2, 0.25) is 5.02 Å². The van der Waals surface area contributed by atoms with E-state index in [0.29, 0.717) is 28.2 Å². The van der Waals surface area contributed by atoms with Crippen LogP contribution in [-0.2, 0) is 6.61 Å². The molecule has 0 atom stereocenters. The van der Waals surface area contributed by atoms with Gasteiger partial charge in [0.2, 0.25) is 0 Å². The fraction of sp³-hybridized carbons (Fsp3) is 0.462. The van der Waals surface area contributed by atoms with Crippen LogP contribution in [-0.4, -0.2) is 48.1 Å². The Morgan fingerprint density at radius 1 is 1.30 bits per heavy atom. The molecule has 0 amide bonds. The molecule has 9 nitrogen and oxygen atoms in total. The summed E-state index contributed by atoms with van der Waals surface area (Å²) in [5.41, 5.74) is 1.31. The molecule has 1 fully saturated rings. The van der Waals surface area contributed by atoms with Crippen molar-refractivity contribution in [3.8, 4) is 5.88 Å². The molecule has 4 rings (SSSR count). The number of hydrogen-bond donors (Lipinski definition) is 1. The highest BCUT2D eigenvalue weighted by molar-refractivity contribution is 6.36. The number of H-pyrrole nitrogens is 1. The van der Waals surface area contributed by atoms with Gasteiger partial charge in [0.05, 0.1) is 0 Å². The van der Waals surface area contributed by atoms with Gasteiger partial charge in [-0.25, -0.2) is 4.98 Å². The molecule has 1 aliphatic rings. The lowest BCUT2D eigenvalue weighted by molar-refractivity contribution is 0.280. The number of aromatic amines is 1. The van der Waals surface area contributed by atoms with Gasteiger partial charge in [0.15, 0.2) is 17.3 Å². The Hall–Kier alpha value is -2.42. The third-order valence-corrected chi connectivity index (χ3v) is 4.18. The molecule has 23 heavy (non-hydrogen) atoms. The summed E-state index contributed by atoms with van der Waals surface area (Å²) >= 11 is 6.58. The van der Waals surface area contributed by atoms with Crippen molar-refractivity contribution in [2.24, 2.45) is 0 Å². The number of aryl methyl sites for hydroxylation is 1. The Labute approximate surface area is 136 Å². The van der Waals surface area contributed by atoms with E-state index in [1.165, 1.54) is 6.33 Å². The van der Waals surface area contributed by atoms with E-state index in [1.54, 1.807) is 4.52 Å². The minimum atomic E-state index is 0.233. The number of halogens is 1. The van der Waals surface area contributed by atoms with Gasteiger partial charge in [0.25, 0.3) is 5.88 Å². The molecular weight excluding hydrogens is 320 g/mol. The van der Waals surface area contributed by atoms with Gasteiger partial charge in [-0.1, -0.05) is 11.6 Å². The average Bonchev–Trinajstić information content (AvgIpc) is 3.27. The minimum absolute atomic E-state index is 0.233. The van der Waals surface area contributed by atoms with Crippen LogP contribution in [0.3, 0.4) is 0 Å². The SMILES string of the molecule is Cc1nnc2c(Cl)c(N3CCCC3)c(OCc3ncn[nH]3)nn12. The predicted molar refractivity (Wildman–Crippen MR) is 82.7 cm³/mol. The van der Waals surface area contributed by atoms with Gasteiger partial charge in [0.1, 0.15) is 23.6 Å². The number of hydrogen-bond acceptors (Lipinski definition) is 7. The molecule has 3 aromatic rings. The first-order valence-corrected chi connectivity index (χ1v) is 7.75. The maximum atomic E-state index is 6.58. The second kappa shape index (κ2) is 5.65. The Bertz CT molecular complexity index is 824. The number of fused-ring (bicyclic) bond motifs is 1. The summed E-state index contributed by atoms with van der Waals surface area (Å²) in [6, 6.07) is 0. The summed E-state index contributed by atoms with van der Waals surface area (Å²) in [7, 11) is 0. The number of ether oxygens (including phenoxy) is 1. The van der Waals surface area contributed by atoms with Gasteiger partial charge in [-0.2, -0.15) is 9.61 Å². The first-order chi connectivity index (χ1) is 11.2. The van der Waals surface area contributed by atoms with Crippen molar-refractivity contribution >= 4 is 22.9 Å². The summed E-state index contributed by atoms with van der Waals surface area (Å²) in [6.45, 7) is 3.89. The van der Waals surface area contributed by atoms with Crippen molar-refractivity contribution in [2.45, 2.75) is 26.4 Å². The molecule has 3 aromatic heterocycles. The first-order valence-electron chi connectivity index (χ1n) is 7.37. The van der Waals surface area contributed by atoms with Crippen LogP contribution in [0, 0.1) is 6.92 Å². The zero-order valence-corrected chi connectivity index (χ0v) is 13.3. The van der Waals surface area contributed by atoms with Crippen LogP contribution in [0.1, 0.15) is 24.5 Å². The lowest BCUT2D eigenvalue weighted by atomic mass is 10.4. The zero-order chi connectivity index (χ0) is 15.8. The topological polar surface area (TPSA) is 97.1 Å². The van der Waals surface area contributed by atoms with Crippen LogP contribution in [0.25, 0.3) is 5.65 Å². The normalized spacial score (nSPS) is 14.8. The predicted octanol–water partition coefficient (Wildman–Crippen LogP) is 1.38. The van der Waals surface area contributed by atoms with E-state index in [0.717, 1.165) is 31.6 Å². The van der Waals surface area contributed by atoms with Crippen LogP contribution in [0.15, 0.2) is 6.33 Å². The fourth-order valence-electron chi connectivity index (χ4n) is 2.70. The largest absolute Gasteiger partial charge is 0.467 e. The van der Waals surface area contributed by atoms with Crippen molar-refractivity contribution in [1.82, 2.24) is 35.0 Å². The van der Waals surface area contributed by atoms with Crippen LogP contribution in [0.4, 0.5) is 5.69 Å². The molecule has 0 spiro atoms. The molecule has 0 saturated carbocycles. The smallest absolute Gasteiger partial charge is 0.257 e. The lowest BCUT2D eigenvalue weighted by Gasteiger charge is -2.21. The third-order valence-electron chi connectivity index (χ3n) is 3.83. The molecule has 0 unspecified atom stereocenters.